The zero-order valence-electron chi connectivity index (χ0n) is 8.24. The maximum Gasteiger partial charge on any atom is 0.123 e. The molecule has 0 spiro atoms. The number of aromatic nitrogens is 1. The predicted octanol–water partition coefficient (Wildman–Crippen LogP) is 3.42. The van der Waals surface area contributed by atoms with Crippen LogP contribution in [0.5, 0.6) is 5.75 Å². The Balaban J connectivity index is 2.64. The fraction of sp³-hybridized carbons (Fsp3) is 0.0833. The Kier molecular flexibility index (Phi) is 2.60. The van der Waals surface area contributed by atoms with Gasteiger partial charge in [0.1, 0.15) is 5.75 Å². The molecule has 2 rings (SSSR count). The minimum absolute atomic E-state index is 0.230. The first-order valence-corrected chi connectivity index (χ1v) is 4.96. The van der Waals surface area contributed by atoms with Crippen LogP contribution in [0.2, 0.25) is 5.02 Å². The number of halogens is 1. The monoisotopic (exact) mass is 219 g/mol. The molecule has 0 bridgehead atoms. The van der Waals surface area contributed by atoms with Crippen molar-refractivity contribution in [2.75, 3.05) is 0 Å². The standard InChI is InChI=1S/C12H10ClNO/c1-8-2-3-12(15)10(6-8)9-4-5-14-7-11(9)13/h2-7,15H,1H3. The van der Waals surface area contributed by atoms with E-state index in [2.05, 4.69) is 4.98 Å². The number of rotatable bonds is 1. The lowest BCUT2D eigenvalue weighted by molar-refractivity contribution is 0.477. The van der Waals surface area contributed by atoms with E-state index in [9.17, 15) is 5.11 Å². The third-order valence-corrected chi connectivity index (χ3v) is 2.52. The summed E-state index contributed by atoms with van der Waals surface area (Å²) >= 11 is 6.01. The number of phenolic OH excluding ortho intramolecular Hbond substituents is 1. The average molecular weight is 220 g/mol. The fourth-order valence-electron chi connectivity index (χ4n) is 1.46. The number of hydrogen-bond acceptors (Lipinski definition) is 2. The number of aromatic hydroxyl groups is 1. The highest BCUT2D eigenvalue weighted by Gasteiger charge is 2.07. The molecule has 76 valence electrons. The Labute approximate surface area is 93.2 Å². The van der Waals surface area contributed by atoms with E-state index in [1.54, 1.807) is 24.5 Å². The summed E-state index contributed by atoms with van der Waals surface area (Å²) in [4.78, 5) is 3.91. The zero-order chi connectivity index (χ0) is 10.8. The molecule has 2 nitrogen and oxygen atoms in total. The Morgan fingerprint density at radius 2 is 2.00 bits per heavy atom. The van der Waals surface area contributed by atoms with Crippen LogP contribution in [0.15, 0.2) is 36.7 Å². The summed E-state index contributed by atoms with van der Waals surface area (Å²) in [5, 5.41) is 10.3. The van der Waals surface area contributed by atoms with Crippen molar-refractivity contribution in [2.45, 2.75) is 6.92 Å². The van der Waals surface area contributed by atoms with Gasteiger partial charge in [0.05, 0.1) is 5.02 Å². The highest BCUT2D eigenvalue weighted by atomic mass is 35.5. The van der Waals surface area contributed by atoms with Crippen LogP contribution in [0.3, 0.4) is 0 Å². The van der Waals surface area contributed by atoms with E-state index in [1.807, 2.05) is 19.1 Å². The molecule has 0 aliphatic rings. The zero-order valence-corrected chi connectivity index (χ0v) is 8.99. The molecule has 3 heteroatoms. The molecular weight excluding hydrogens is 210 g/mol. The smallest absolute Gasteiger partial charge is 0.123 e. The van der Waals surface area contributed by atoms with Crippen LogP contribution in [0.1, 0.15) is 5.56 Å². The molecule has 0 fully saturated rings. The molecule has 1 N–H and O–H groups in total. The minimum atomic E-state index is 0.230. The molecule has 0 aliphatic carbocycles. The van der Waals surface area contributed by atoms with E-state index < -0.39 is 0 Å². The van der Waals surface area contributed by atoms with Gasteiger partial charge in [0, 0.05) is 23.5 Å². The maximum atomic E-state index is 9.73. The van der Waals surface area contributed by atoms with Gasteiger partial charge in [-0.05, 0) is 25.1 Å². The van der Waals surface area contributed by atoms with Crippen molar-refractivity contribution in [3.63, 3.8) is 0 Å². The van der Waals surface area contributed by atoms with Gasteiger partial charge in [-0.3, -0.25) is 4.98 Å². The molecule has 0 aliphatic heterocycles. The van der Waals surface area contributed by atoms with E-state index in [0.29, 0.717) is 5.02 Å². The molecule has 0 saturated heterocycles. The molecule has 0 radical (unpaired) electrons. The van der Waals surface area contributed by atoms with Crippen molar-refractivity contribution < 1.29 is 5.11 Å². The molecule has 15 heavy (non-hydrogen) atoms. The van der Waals surface area contributed by atoms with E-state index in [-0.39, 0.29) is 5.75 Å². The van der Waals surface area contributed by atoms with Crippen LogP contribution in [0.25, 0.3) is 11.1 Å². The molecule has 1 aromatic carbocycles. The van der Waals surface area contributed by atoms with Gasteiger partial charge in [0.25, 0.3) is 0 Å². The van der Waals surface area contributed by atoms with Crippen molar-refractivity contribution in [1.29, 1.82) is 0 Å². The Morgan fingerprint density at radius 1 is 1.20 bits per heavy atom. The second-order valence-electron chi connectivity index (χ2n) is 3.38. The molecule has 0 unspecified atom stereocenters. The second-order valence-corrected chi connectivity index (χ2v) is 3.78. The summed E-state index contributed by atoms with van der Waals surface area (Å²) in [5.41, 5.74) is 2.62. The van der Waals surface area contributed by atoms with Crippen LogP contribution in [0.4, 0.5) is 0 Å². The van der Waals surface area contributed by atoms with Crippen LogP contribution in [0, 0.1) is 6.92 Å². The van der Waals surface area contributed by atoms with Gasteiger partial charge in [-0.2, -0.15) is 0 Å². The number of phenols is 1. The number of hydrogen-bond donors (Lipinski definition) is 1. The first-order chi connectivity index (χ1) is 7.18. The molecule has 0 atom stereocenters. The summed E-state index contributed by atoms with van der Waals surface area (Å²) in [5.74, 6) is 0.230. The van der Waals surface area contributed by atoms with Gasteiger partial charge < -0.3 is 5.11 Å². The number of benzene rings is 1. The first kappa shape index (κ1) is 9.99. The third-order valence-electron chi connectivity index (χ3n) is 2.21. The highest BCUT2D eigenvalue weighted by molar-refractivity contribution is 6.33. The largest absolute Gasteiger partial charge is 0.507 e. The lowest BCUT2D eigenvalue weighted by Crippen LogP contribution is -1.83. The predicted molar refractivity (Wildman–Crippen MR) is 61.1 cm³/mol. The molecule has 2 aromatic rings. The molecule has 1 heterocycles. The maximum absolute atomic E-state index is 9.73. The van der Waals surface area contributed by atoms with Crippen molar-refractivity contribution in [3.05, 3.63) is 47.2 Å². The Morgan fingerprint density at radius 3 is 2.73 bits per heavy atom. The number of pyridine rings is 1. The molecule has 0 saturated carbocycles. The van der Waals surface area contributed by atoms with Crippen molar-refractivity contribution in [2.24, 2.45) is 0 Å². The second kappa shape index (κ2) is 3.91. The molecule has 0 amide bonds. The summed E-state index contributed by atoms with van der Waals surface area (Å²) in [6.07, 6.45) is 3.22. The van der Waals surface area contributed by atoms with Crippen molar-refractivity contribution in [1.82, 2.24) is 4.98 Å². The SMILES string of the molecule is Cc1ccc(O)c(-c2ccncc2Cl)c1. The topological polar surface area (TPSA) is 33.1 Å². The number of aryl methyl sites for hydroxylation is 1. The first-order valence-electron chi connectivity index (χ1n) is 4.58. The molecule has 1 aromatic heterocycles. The summed E-state index contributed by atoms with van der Waals surface area (Å²) in [6, 6.07) is 7.21. The lowest BCUT2D eigenvalue weighted by Gasteiger charge is -2.07. The summed E-state index contributed by atoms with van der Waals surface area (Å²) in [7, 11) is 0. The van der Waals surface area contributed by atoms with E-state index in [0.717, 1.165) is 16.7 Å². The average Bonchev–Trinajstić information content (AvgIpc) is 2.23. The Hall–Kier alpha value is -1.54. The molecular formula is C12H10ClNO. The summed E-state index contributed by atoms with van der Waals surface area (Å²) in [6.45, 7) is 1.97. The fourth-order valence-corrected chi connectivity index (χ4v) is 1.68. The van der Waals surface area contributed by atoms with Crippen molar-refractivity contribution in [3.8, 4) is 16.9 Å². The quantitative estimate of drug-likeness (QED) is 0.797. The van der Waals surface area contributed by atoms with Crippen LogP contribution >= 0.6 is 11.6 Å². The lowest BCUT2D eigenvalue weighted by atomic mass is 10.0. The van der Waals surface area contributed by atoms with Crippen LogP contribution < -0.4 is 0 Å². The normalized spacial score (nSPS) is 10.3. The third kappa shape index (κ3) is 1.95. The van der Waals surface area contributed by atoms with Crippen LogP contribution in [-0.4, -0.2) is 10.1 Å². The highest BCUT2D eigenvalue weighted by Crippen LogP contribution is 2.33. The number of nitrogens with zero attached hydrogens (tertiary/aromatic N) is 1. The van der Waals surface area contributed by atoms with E-state index in [1.165, 1.54) is 0 Å². The minimum Gasteiger partial charge on any atom is -0.507 e. The van der Waals surface area contributed by atoms with Gasteiger partial charge in [-0.15, -0.1) is 0 Å². The van der Waals surface area contributed by atoms with Gasteiger partial charge in [-0.25, -0.2) is 0 Å². The van der Waals surface area contributed by atoms with Gasteiger partial charge in [0.15, 0.2) is 0 Å². The summed E-state index contributed by atoms with van der Waals surface area (Å²) < 4.78 is 0. The van der Waals surface area contributed by atoms with Crippen LogP contribution in [-0.2, 0) is 0 Å². The van der Waals surface area contributed by atoms with Gasteiger partial charge in [0.2, 0.25) is 0 Å². The van der Waals surface area contributed by atoms with E-state index in [4.69, 9.17) is 11.6 Å². The van der Waals surface area contributed by atoms with Gasteiger partial charge >= 0.3 is 0 Å². The van der Waals surface area contributed by atoms with Crippen molar-refractivity contribution >= 4 is 11.6 Å². The van der Waals surface area contributed by atoms with E-state index >= 15 is 0 Å². The Bertz CT molecular complexity index is 497. The van der Waals surface area contributed by atoms with Gasteiger partial charge in [-0.1, -0.05) is 23.2 Å².